The van der Waals surface area contributed by atoms with Gasteiger partial charge in [0.1, 0.15) is 0 Å². The van der Waals surface area contributed by atoms with Crippen molar-refractivity contribution in [3.8, 4) is 0 Å². The highest BCUT2D eigenvalue weighted by atomic mass is 32.2. The molecule has 1 aromatic rings. The molecule has 0 aromatic heterocycles. The molecule has 0 bridgehead atoms. The van der Waals surface area contributed by atoms with Crippen molar-refractivity contribution in [2.75, 3.05) is 12.3 Å². The normalized spacial score (nSPS) is 18.2. The quantitative estimate of drug-likeness (QED) is 0.558. The lowest BCUT2D eigenvalue weighted by Gasteiger charge is -2.39. The van der Waals surface area contributed by atoms with Gasteiger partial charge in [0.2, 0.25) is 0 Å². The molecule has 0 unspecified atom stereocenters. The minimum Gasteiger partial charge on any atom is -0.311 e. The van der Waals surface area contributed by atoms with Crippen LogP contribution in [0.5, 0.6) is 0 Å². The van der Waals surface area contributed by atoms with Crippen molar-refractivity contribution in [3.63, 3.8) is 0 Å². The number of alkyl halides is 3. The number of nitrogens with one attached hydrogen (secondary N) is 1. The molecule has 25 heavy (non-hydrogen) atoms. The van der Waals surface area contributed by atoms with Crippen LogP contribution in [-0.2, 0) is 22.7 Å². The Balaban J connectivity index is 2.01. The van der Waals surface area contributed by atoms with E-state index in [0.717, 1.165) is 49.8 Å². The van der Waals surface area contributed by atoms with Crippen LogP contribution in [0.2, 0.25) is 0 Å². The first-order valence-corrected chi connectivity index (χ1v) is 10.1. The van der Waals surface area contributed by atoms with Crippen LogP contribution >= 0.6 is 0 Å². The Morgan fingerprint density at radius 1 is 1.08 bits per heavy atom. The average molecular weight is 379 g/mol. The molecule has 0 amide bonds. The van der Waals surface area contributed by atoms with Gasteiger partial charge in [0.15, 0.2) is 0 Å². The summed E-state index contributed by atoms with van der Waals surface area (Å²) in [7, 11) is -3.97. The first-order valence-electron chi connectivity index (χ1n) is 8.46. The van der Waals surface area contributed by atoms with E-state index in [1.807, 2.05) is 0 Å². The first kappa shape index (κ1) is 20.2. The molecule has 0 aliphatic heterocycles. The van der Waals surface area contributed by atoms with Crippen molar-refractivity contribution < 1.29 is 26.1 Å². The standard InChI is InChI=1S/C17H24F3NO3S/c18-17(19,20)15-7-5-14(6-8-15)13-16(9-2-1-3-10-16)21-11-4-12-25(22,23)24/h5-8,21H,1-4,9-13H2,(H,22,23,24). The molecule has 1 aliphatic carbocycles. The first-order chi connectivity index (χ1) is 11.6. The third-order valence-corrected chi connectivity index (χ3v) is 5.52. The minimum absolute atomic E-state index is 0.225. The largest absolute Gasteiger partial charge is 0.416 e. The molecule has 1 saturated carbocycles. The van der Waals surface area contributed by atoms with Crippen molar-refractivity contribution >= 4 is 10.1 Å². The number of halogens is 3. The van der Waals surface area contributed by atoms with Gasteiger partial charge in [0.25, 0.3) is 10.1 Å². The molecule has 142 valence electrons. The number of hydrogen-bond acceptors (Lipinski definition) is 3. The lowest BCUT2D eigenvalue weighted by molar-refractivity contribution is -0.137. The number of hydrogen-bond donors (Lipinski definition) is 2. The Bertz CT molecular complexity index is 651. The van der Waals surface area contributed by atoms with Crippen LogP contribution in [0.25, 0.3) is 0 Å². The Hall–Kier alpha value is -1.12. The highest BCUT2D eigenvalue weighted by Gasteiger charge is 2.33. The summed E-state index contributed by atoms with van der Waals surface area (Å²) in [6.07, 6.45) is 1.57. The monoisotopic (exact) mass is 379 g/mol. The zero-order valence-corrected chi connectivity index (χ0v) is 14.8. The predicted octanol–water partition coefficient (Wildman–Crippen LogP) is 3.82. The van der Waals surface area contributed by atoms with Crippen LogP contribution < -0.4 is 5.32 Å². The van der Waals surface area contributed by atoms with Gasteiger partial charge in [-0.3, -0.25) is 4.55 Å². The Morgan fingerprint density at radius 2 is 1.68 bits per heavy atom. The second kappa shape index (κ2) is 8.05. The van der Waals surface area contributed by atoms with Crippen LogP contribution in [0.15, 0.2) is 24.3 Å². The Kier molecular flexibility index (Phi) is 6.51. The highest BCUT2D eigenvalue weighted by molar-refractivity contribution is 7.85. The minimum atomic E-state index is -4.34. The second-order valence-electron chi connectivity index (χ2n) is 6.78. The Morgan fingerprint density at radius 3 is 2.20 bits per heavy atom. The fourth-order valence-corrected chi connectivity index (χ4v) is 3.96. The fourth-order valence-electron chi connectivity index (χ4n) is 3.46. The average Bonchev–Trinajstić information content (AvgIpc) is 2.51. The fraction of sp³-hybridized carbons (Fsp3) is 0.647. The van der Waals surface area contributed by atoms with Gasteiger partial charge in [-0.1, -0.05) is 31.4 Å². The third kappa shape index (κ3) is 6.60. The van der Waals surface area contributed by atoms with Gasteiger partial charge in [-0.2, -0.15) is 21.6 Å². The summed E-state index contributed by atoms with van der Waals surface area (Å²) in [5.41, 5.74) is -0.0516. The molecule has 4 nitrogen and oxygen atoms in total. The van der Waals surface area contributed by atoms with Crippen molar-refractivity contribution in [3.05, 3.63) is 35.4 Å². The maximum Gasteiger partial charge on any atom is 0.416 e. The molecule has 0 radical (unpaired) electrons. The SMILES string of the molecule is O=S(=O)(O)CCCNC1(Cc2ccc(C(F)(F)F)cc2)CCCCC1. The molecule has 2 N–H and O–H groups in total. The zero-order valence-electron chi connectivity index (χ0n) is 14.0. The molecule has 1 aromatic carbocycles. The van der Waals surface area contributed by atoms with Crippen LogP contribution in [0.4, 0.5) is 13.2 Å². The summed E-state index contributed by atoms with van der Waals surface area (Å²) in [5, 5.41) is 3.40. The molecule has 0 atom stereocenters. The smallest absolute Gasteiger partial charge is 0.311 e. The van der Waals surface area contributed by atoms with Gasteiger partial charge >= 0.3 is 6.18 Å². The van der Waals surface area contributed by atoms with E-state index < -0.39 is 21.9 Å². The molecule has 2 rings (SSSR count). The number of rotatable bonds is 7. The van der Waals surface area contributed by atoms with E-state index in [2.05, 4.69) is 5.32 Å². The van der Waals surface area contributed by atoms with E-state index in [4.69, 9.17) is 4.55 Å². The van der Waals surface area contributed by atoms with Crippen LogP contribution in [-0.4, -0.2) is 30.8 Å². The maximum atomic E-state index is 12.7. The van der Waals surface area contributed by atoms with Crippen LogP contribution in [0, 0.1) is 0 Å². The maximum absolute atomic E-state index is 12.7. The molecule has 0 saturated heterocycles. The lowest BCUT2D eigenvalue weighted by atomic mass is 9.77. The summed E-state index contributed by atoms with van der Waals surface area (Å²) >= 11 is 0. The van der Waals surface area contributed by atoms with E-state index in [-0.39, 0.29) is 11.3 Å². The van der Waals surface area contributed by atoms with Crippen molar-refractivity contribution in [1.29, 1.82) is 0 Å². The summed E-state index contributed by atoms with van der Waals surface area (Å²) in [5.74, 6) is -0.295. The van der Waals surface area contributed by atoms with Gasteiger partial charge in [0, 0.05) is 5.54 Å². The van der Waals surface area contributed by atoms with Crippen molar-refractivity contribution in [1.82, 2.24) is 5.32 Å². The number of benzene rings is 1. The summed E-state index contributed by atoms with van der Waals surface area (Å²) in [4.78, 5) is 0. The summed E-state index contributed by atoms with van der Waals surface area (Å²) < 4.78 is 68.4. The molecule has 0 heterocycles. The van der Waals surface area contributed by atoms with Crippen molar-refractivity contribution in [2.45, 2.75) is 56.7 Å². The van der Waals surface area contributed by atoms with Gasteiger partial charge in [-0.15, -0.1) is 0 Å². The lowest BCUT2D eigenvalue weighted by Crippen LogP contribution is -2.49. The molecule has 1 aliphatic rings. The van der Waals surface area contributed by atoms with E-state index in [1.165, 1.54) is 12.1 Å². The van der Waals surface area contributed by atoms with E-state index in [0.29, 0.717) is 19.4 Å². The predicted molar refractivity (Wildman–Crippen MR) is 90.0 cm³/mol. The Labute approximate surface area is 146 Å². The van der Waals surface area contributed by atoms with E-state index in [9.17, 15) is 21.6 Å². The van der Waals surface area contributed by atoms with Crippen molar-refractivity contribution in [2.24, 2.45) is 0 Å². The molecule has 8 heteroatoms. The van der Waals surface area contributed by atoms with Gasteiger partial charge in [0.05, 0.1) is 11.3 Å². The topological polar surface area (TPSA) is 66.4 Å². The zero-order chi connectivity index (χ0) is 18.6. The van der Waals surface area contributed by atoms with Crippen LogP contribution in [0.1, 0.15) is 49.7 Å². The molecule has 1 fully saturated rings. The van der Waals surface area contributed by atoms with E-state index in [1.54, 1.807) is 0 Å². The second-order valence-corrected chi connectivity index (χ2v) is 8.35. The molecular weight excluding hydrogens is 355 g/mol. The third-order valence-electron chi connectivity index (χ3n) is 4.71. The van der Waals surface area contributed by atoms with E-state index >= 15 is 0 Å². The van der Waals surface area contributed by atoms with Crippen LogP contribution in [0.3, 0.4) is 0 Å². The molecular formula is C17H24F3NO3S. The summed E-state index contributed by atoms with van der Waals surface area (Å²) in [6, 6.07) is 5.23. The van der Waals surface area contributed by atoms with Gasteiger partial charge in [-0.05, 0) is 49.9 Å². The molecule has 0 spiro atoms. The summed E-state index contributed by atoms with van der Waals surface area (Å²) in [6.45, 7) is 0.445. The van der Waals surface area contributed by atoms with Gasteiger partial charge in [-0.25, -0.2) is 0 Å². The highest BCUT2D eigenvalue weighted by Crippen LogP contribution is 2.33. The van der Waals surface area contributed by atoms with Gasteiger partial charge < -0.3 is 5.32 Å².